The van der Waals surface area contributed by atoms with Gasteiger partial charge in [-0.3, -0.25) is 4.79 Å². The molecule has 172 valence electrons. The highest BCUT2D eigenvalue weighted by Gasteiger charge is 2.53. The summed E-state index contributed by atoms with van der Waals surface area (Å²) in [5.41, 5.74) is 1.30. The predicted molar refractivity (Wildman–Crippen MR) is 118 cm³/mol. The fraction of sp³-hybridized carbons (Fsp3) is 0.545. The number of carbonyl (C=O) groups is 1. The first-order valence-electron chi connectivity index (χ1n) is 10.5. The minimum Gasteiger partial charge on any atom is -0.377 e. The van der Waals surface area contributed by atoms with E-state index in [2.05, 4.69) is 25.6 Å². The number of hydrogen-bond acceptors (Lipinski definition) is 7. The zero-order valence-corrected chi connectivity index (χ0v) is 18.9. The van der Waals surface area contributed by atoms with Crippen molar-refractivity contribution in [1.29, 1.82) is 0 Å². The van der Waals surface area contributed by atoms with Gasteiger partial charge >= 0.3 is 5.92 Å². The summed E-state index contributed by atoms with van der Waals surface area (Å²) in [6, 6.07) is 3.45. The van der Waals surface area contributed by atoms with Crippen LogP contribution in [-0.4, -0.2) is 46.7 Å². The highest BCUT2D eigenvalue weighted by molar-refractivity contribution is 5.89. The number of methoxy groups -OCH3 is 1. The molecule has 0 bridgehead atoms. The second-order valence-electron chi connectivity index (χ2n) is 9.28. The Morgan fingerprint density at radius 3 is 2.53 bits per heavy atom. The third-order valence-electron chi connectivity index (χ3n) is 5.99. The number of alkyl halides is 2. The maximum absolute atomic E-state index is 14.3. The monoisotopic (exact) mass is 446 g/mol. The number of anilines is 4. The van der Waals surface area contributed by atoms with Crippen molar-refractivity contribution in [2.75, 3.05) is 35.7 Å². The largest absolute Gasteiger partial charge is 0.377 e. The van der Waals surface area contributed by atoms with Crippen LogP contribution in [0.2, 0.25) is 0 Å². The average Bonchev–Trinajstić information content (AvgIpc) is 3.42. The molecule has 1 amide bonds. The lowest BCUT2D eigenvalue weighted by molar-refractivity contribution is -0.114. The lowest BCUT2D eigenvalue weighted by atomic mass is 10.0. The number of amides is 1. The summed E-state index contributed by atoms with van der Waals surface area (Å²) in [6.45, 7) is 6.97. The van der Waals surface area contributed by atoms with Gasteiger partial charge in [-0.05, 0) is 26.7 Å². The molecular formula is C22H28F2N6O2. The van der Waals surface area contributed by atoms with Crippen LogP contribution in [0.4, 0.5) is 31.9 Å². The molecule has 1 spiro atoms. The van der Waals surface area contributed by atoms with E-state index in [4.69, 9.17) is 4.74 Å². The van der Waals surface area contributed by atoms with E-state index in [1.54, 1.807) is 25.4 Å². The smallest absolute Gasteiger partial charge is 0.303 e. The number of ether oxygens (including phenoxy) is 1. The molecule has 10 heteroatoms. The topological polar surface area (TPSA) is 92.3 Å². The molecule has 1 aliphatic carbocycles. The molecule has 32 heavy (non-hydrogen) atoms. The first kappa shape index (κ1) is 22.3. The lowest BCUT2D eigenvalue weighted by Crippen LogP contribution is -2.32. The van der Waals surface area contributed by atoms with Crippen molar-refractivity contribution in [1.82, 2.24) is 15.0 Å². The fourth-order valence-electron chi connectivity index (χ4n) is 3.82. The van der Waals surface area contributed by atoms with E-state index in [-0.39, 0.29) is 11.3 Å². The van der Waals surface area contributed by atoms with Gasteiger partial charge in [-0.25, -0.2) is 15.0 Å². The Hall–Kier alpha value is -2.88. The minimum absolute atomic E-state index is 0.0530. The predicted octanol–water partition coefficient (Wildman–Crippen LogP) is 3.96. The number of carbonyl (C=O) groups excluding carboxylic acids is 1. The van der Waals surface area contributed by atoms with E-state index in [0.717, 1.165) is 31.0 Å². The number of pyridine rings is 1. The van der Waals surface area contributed by atoms with Crippen LogP contribution in [-0.2, 0) is 20.9 Å². The van der Waals surface area contributed by atoms with Crippen molar-refractivity contribution < 1.29 is 18.3 Å². The summed E-state index contributed by atoms with van der Waals surface area (Å²) in [4.78, 5) is 26.0. The molecule has 8 nitrogen and oxygen atoms in total. The Balaban J connectivity index is 1.74. The van der Waals surface area contributed by atoms with Crippen molar-refractivity contribution >= 4 is 29.0 Å². The third-order valence-corrected chi connectivity index (χ3v) is 5.99. The van der Waals surface area contributed by atoms with Gasteiger partial charge in [0, 0.05) is 63.4 Å². The van der Waals surface area contributed by atoms with Gasteiger partial charge in [0.05, 0.1) is 11.3 Å². The van der Waals surface area contributed by atoms with E-state index in [1.807, 2.05) is 18.7 Å². The van der Waals surface area contributed by atoms with E-state index < -0.39 is 17.3 Å². The highest BCUT2D eigenvalue weighted by atomic mass is 19.3. The normalized spacial score (nSPS) is 16.8. The number of nitrogens with zero attached hydrogens (tertiary/aromatic N) is 4. The van der Waals surface area contributed by atoms with Gasteiger partial charge in [-0.1, -0.05) is 0 Å². The number of aromatic nitrogens is 3. The van der Waals surface area contributed by atoms with Crippen molar-refractivity contribution in [2.24, 2.45) is 0 Å². The Kier molecular flexibility index (Phi) is 5.31. The molecule has 1 fully saturated rings. The molecule has 2 aromatic rings. The van der Waals surface area contributed by atoms with Crippen LogP contribution >= 0.6 is 0 Å². The number of rotatable bonds is 7. The molecule has 1 saturated carbocycles. The molecule has 1 aliphatic heterocycles. The lowest BCUT2D eigenvalue weighted by Gasteiger charge is -2.25. The van der Waals surface area contributed by atoms with E-state index in [1.165, 1.54) is 6.92 Å². The molecule has 4 rings (SSSR count). The average molecular weight is 447 g/mol. The van der Waals surface area contributed by atoms with Crippen molar-refractivity contribution in [3.05, 3.63) is 29.7 Å². The van der Waals surface area contributed by atoms with E-state index >= 15 is 0 Å². The third kappa shape index (κ3) is 4.36. The van der Waals surface area contributed by atoms with Gasteiger partial charge in [0.25, 0.3) is 0 Å². The molecule has 3 heterocycles. The number of nitrogens with one attached hydrogen (secondary N) is 2. The molecule has 2 aromatic heterocycles. The van der Waals surface area contributed by atoms with Gasteiger partial charge < -0.3 is 20.3 Å². The Morgan fingerprint density at radius 2 is 1.94 bits per heavy atom. The van der Waals surface area contributed by atoms with Crippen molar-refractivity contribution in [3.63, 3.8) is 0 Å². The number of hydrogen-bond donors (Lipinski definition) is 2. The summed E-state index contributed by atoms with van der Waals surface area (Å²) in [5, 5.41) is 5.79. The molecule has 0 aromatic carbocycles. The SMILES string of the molecule is COC(C)(C)CNc1cc(N2CC3(CC3)c3cnc(NC(C)=O)cc32)nc(C(C)(F)F)n1. The van der Waals surface area contributed by atoms with Crippen LogP contribution in [0.3, 0.4) is 0 Å². The number of fused-ring (bicyclic) bond motifs is 2. The molecule has 0 atom stereocenters. The quantitative estimate of drug-likeness (QED) is 0.665. The van der Waals surface area contributed by atoms with Crippen LogP contribution in [0.5, 0.6) is 0 Å². The first-order chi connectivity index (χ1) is 14.9. The maximum Gasteiger partial charge on any atom is 0.303 e. The standard InChI is InChI=1S/C22H28F2N6O2/c1-13(31)27-16-8-15-14(10-25-16)22(6-7-22)12-30(15)18-9-17(26-11-20(2,3)32-5)28-19(29-18)21(4,23)24/h8-10H,6-7,11-12H2,1-5H3,(H,25,27,31)(H,26,28,29). The zero-order valence-electron chi connectivity index (χ0n) is 18.9. The van der Waals surface area contributed by atoms with E-state index in [9.17, 15) is 13.6 Å². The number of halogens is 2. The highest BCUT2D eigenvalue weighted by Crippen LogP contribution is 2.58. The fourth-order valence-corrected chi connectivity index (χ4v) is 3.82. The Bertz CT molecular complexity index is 1050. The second-order valence-corrected chi connectivity index (χ2v) is 9.28. The summed E-state index contributed by atoms with van der Waals surface area (Å²) in [5.74, 6) is -2.91. The summed E-state index contributed by atoms with van der Waals surface area (Å²) in [7, 11) is 1.59. The zero-order chi connectivity index (χ0) is 23.3. The van der Waals surface area contributed by atoms with Gasteiger partial charge in [0.15, 0.2) is 0 Å². The maximum atomic E-state index is 14.3. The molecule has 0 radical (unpaired) electrons. The molecule has 2 aliphatic rings. The van der Waals surface area contributed by atoms with Gasteiger partial charge in [-0.2, -0.15) is 8.78 Å². The molecule has 0 saturated heterocycles. The van der Waals surface area contributed by atoms with Crippen LogP contribution in [0.15, 0.2) is 18.3 Å². The summed E-state index contributed by atoms with van der Waals surface area (Å²) in [6.07, 6.45) is 3.75. The van der Waals surface area contributed by atoms with Gasteiger partial charge in [-0.15, -0.1) is 0 Å². The molecule has 2 N–H and O–H groups in total. The second kappa shape index (κ2) is 7.61. The Labute approximate surface area is 185 Å². The molecular weight excluding hydrogens is 418 g/mol. The van der Waals surface area contributed by atoms with E-state index in [0.29, 0.717) is 30.5 Å². The summed E-state index contributed by atoms with van der Waals surface area (Å²) >= 11 is 0. The van der Waals surface area contributed by atoms with Gasteiger partial charge in [0.1, 0.15) is 17.5 Å². The molecule has 0 unspecified atom stereocenters. The van der Waals surface area contributed by atoms with Crippen LogP contribution < -0.4 is 15.5 Å². The first-order valence-corrected chi connectivity index (χ1v) is 10.5. The van der Waals surface area contributed by atoms with Crippen LogP contribution in [0, 0.1) is 0 Å². The van der Waals surface area contributed by atoms with Gasteiger partial charge in [0.2, 0.25) is 11.7 Å². The minimum atomic E-state index is -3.21. The van der Waals surface area contributed by atoms with Crippen molar-refractivity contribution in [3.8, 4) is 0 Å². The Morgan fingerprint density at radius 1 is 1.22 bits per heavy atom. The van der Waals surface area contributed by atoms with Crippen molar-refractivity contribution in [2.45, 2.75) is 57.5 Å². The van der Waals surface area contributed by atoms with Crippen LogP contribution in [0.25, 0.3) is 0 Å². The van der Waals surface area contributed by atoms with Crippen LogP contribution in [0.1, 0.15) is 51.9 Å². The summed E-state index contributed by atoms with van der Waals surface area (Å²) < 4.78 is 33.9.